The van der Waals surface area contributed by atoms with Crippen LogP contribution in [0.15, 0.2) is 0 Å². The van der Waals surface area contributed by atoms with Gasteiger partial charge >= 0.3 is 6.09 Å². The third-order valence-electron chi connectivity index (χ3n) is 2.36. The number of hydrogen-bond acceptors (Lipinski definition) is 5. The van der Waals surface area contributed by atoms with Gasteiger partial charge in [0.1, 0.15) is 12.2 Å². The van der Waals surface area contributed by atoms with E-state index in [2.05, 4.69) is 10.2 Å². The molecular weight excluding hydrogens is 224 g/mol. The van der Waals surface area contributed by atoms with Crippen LogP contribution in [0.1, 0.15) is 20.8 Å². The van der Waals surface area contributed by atoms with Crippen molar-refractivity contribution < 1.29 is 19.3 Å². The van der Waals surface area contributed by atoms with Crippen LogP contribution in [0.4, 0.5) is 4.79 Å². The lowest BCUT2D eigenvalue weighted by molar-refractivity contribution is -0.279. The van der Waals surface area contributed by atoms with E-state index in [0.717, 1.165) is 6.54 Å². The maximum absolute atomic E-state index is 12.0. The van der Waals surface area contributed by atoms with Crippen molar-refractivity contribution >= 4 is 6.09 Å². The smallest absolute Gasteiger partial charge is 0.410 e. The Morgan fingerprint density at radius 2 is 2.18 bits per heavy atom. The van der Waals surface area contributed by atoms with Crippen LogP contribution in [0.25, 0.3) is 0 Å². The first-order valence-electron chi connectivity index (χ1n) is 5.80. The van der Waals surface area contributed by atoms with Crippen molar-refractivity contribution in [3.8, 4) is 0 Å². The summed E-state index contributed by atoms with van der Waals surface area (Å²) in [7, 11) is 1.45. The highest BCUT2D eigenvalue weighted by Crippen LogP contribution is 2.13. The standard InChI is InChI=1S/C11H22N2O4/c1-11(2,3)17-10(14)13-6-5-12-7-9(13)8-16-15-4/h9,12H,5-8H2,1-4H3. The third-order valence-corrected chi connectivity index (χ3v) is 2.36. The Labute approximate surface area is 102 Å². The largest absolute Gasteiger partial charge is 0.444 e. The molecule has 1 atom stereocenters. The van der Waals surface area contributed by atoms with Crippen LogP contribution in [0, 0.1) is 0 Å². The number of nitrogens with zero attached hydrogens (tertiary/aromatic N) is 1. The lowest BCUT2D eigenvalue weighted by Crippen LogP contribution is -2.56. The van der Waals surface area contributed by atoms with Gasteiger partial charge in [-0.15, -0.1) is 0 Å². The van der Waals surface area contributed by atoms with Gasteiger partial charge in [0.2, 0.25) is 0 Å². The van der Waals surface area contributed by atoms with Gasteiger partial charge in [0, 0.05) is 19.6 Å². The van der Waals surface area contributed by atoms with Gasteiger partial charge in [0.15, 0.2) is 0 Å². The van der Waals surface area contributed by atoms with Crippen LogP contribution in [0.2, 0.25) is 0 Å². The minimum Gasteiger partial charge on any atom is -0.444 e. The van der Waals surface area contributed by atoms with Crippen LogP contribution >= 0.6 is 0 Å². The summed E-state index contributed by atoms with van der Waals surface area (Å²) in [5.41, 5.74) is -0.478. The topological polar surface area (TPSA) is 60.0 Å². The average molecular weight is 246 g/mol. The second kappa shape index (κ2) is 6.18. The van der Waals surface area contributed by atoms with Crippen LogP contribution in [0.3, 0.4) is 0 Å². The molecule has 0 aromatic heterocycles. The monoisotopic (exact) mass is 246 g/mol. The molecule has 1 aliphatic heterocycles. The van der Waals surface area contributed by atoms with E-state index in [1.807, 2.05) is 20.8 Å². The van der Waals surface area contributed by atoms with Crippen molar-refractivity contribution in [3.63, 3.8) is 0 Å². The van der Waals surface area contributed by atoms with Gasteiger partial charge in [-0.3, -0.25) is 0 Å². The van der Waals surface area contributed by atoms with E-state index >= 15 is 0 Å². The number of piperazine rings is 1. The summed E-state index contributed by atoms with van der Waals surface area (Å²) in [6, 6.07) is -0.0569. The normalized spacial score (nSPS) is 21.4. The molecule has 0 saturated carbocycles. The molecule has 0 aliphatic carbocycles. The number of hydrogen-bond donors (Lipinski definition) is 1. The zero-order chi connectivity index (χ0) is 12.9. The molecule has 1 saturated heterocycles. The summed E-state index contributed by atoms with van der Waals surface area (Å²) in [5, 5.41) is 3.21. The van der Waals surface area contributed by atoms with E-state index in [1.165, 1.54) is 7.11 Å². The molecule has 1 unspecified atom stereocenters. The van der Waals surface area contributed by atoms with Crippen LogP contribution in [-0.4, -0.2) is 56.0 Å². The summed E-state index contributed by atoms with van der Waals surface area (Å²) < 4.78 is 5.35. The Morgan fingerprint density at radius 3 is 2.76 bits per heavy atom. The highest BCUT2D eigenvalue weighted by molar-refractivity contribution is 5.68. The van der Waals surface area contributed by atoms with Gasteiger partial charge in [-0.1, -0.05) is 0 Å². The van der Waals surface area contributed by atoms with Crippen LogP contribution in [-0.2, 0) is 14.5 Å². The van der Waals surface area contributed by atoms with Crippen LogP contribution < -0.4 is 5.32 Å². The summed E-state index contributed by atoms with van der Waals surface area (Å²) >= 11 is 0. The van der Waals surface area contributed by atoms with E-state index in [-0.39, 0.29) is 12.1 Å². The SMILES string of the molecule is COOCC1CNCCN1C(=O)OC(C)(C)C. The maximum Gasteiger partial charge on any atom is 0.410 e. The molecule has 1 amide bonds. The zero-order valence-electron chi connectivity index (χ0n) is 11.0. The summed E-state index contributed by atoms with van der Waals surface area (Å²) in [6.07, 6.45) is -0.302. The first-order valence-corrected chi connectivity index (χ1v) is 5.80. The first kappa shape index (κ1) is 14.2. The number of carbonyl (C=O) groups excluding carboxylic acids is 1. The van der Waals surface area contributed by atoms with E-state index in [1.54, 1.807) is 4.90 Å². The van der Waals surface area contributed by atoms with Gasteiger partial charge in [-0.05, 0) is 20.8 Å². The molecule has 6 heteroatoms. The van der Waals surface area contributed by atoms with Gasteiger partial charge < -0.3 is 15.0 Å². The predicted molar refractivity (Wildman–Crippen MR) is 62.6 cm³/mol. The molecule has 0 bridgehead atoms. The molecule has 1 rings (SSSR count). The molecule has 6 nitrogen and oxygen atoms in total. The van der Waals surface area contributed by atoms with Gasteiger partial charge in [0.05, 0.1) is 13.2 Å². The zero-order valence-corrected chi connectivity index (χ0v) is 11.0. The fraction of sp³-hybridized carbons (Fsp3) is 0.909. The quantitative estimate of drug-likeness (QED) is 0.589. The van der Waals surface area contributed by atoms with Gasteiger partial charge in [0.25, 0.3) is 0 Å². The summed E-state index contributed by atoms with van der Waals surface area (Å²) in [4.78, 5) is 23.1. The fourth-order valence-electron chi connectivity index (χ4n) is 1.62. The molecule has 0 radical (unpaired) electrons. The molecule has 0 spiro atoms. The minimum atomic E-state index is -0.478. The Morgan fingerprint density at radius 1 is 1.47 bits per heavy atom. The maximum atomic E-state index is 12.0. The van der Waals surface area contributed by atoms with Crippen molar-refractivity contribution in [3.05, 3.63) is 0 Å². The Hall–Kier alpha value is -0.850. The van der Waals surface area contributed by atoms with Gasteiger partial charge in [-0.25, -0.2) is 14.6 Å². The second-order valence-corrected chi connectivity index (χ2v) is 4.98. The lowest BCUT2D eigenvalue weighted by Gasteiger charge is -2.36. The highest BCUT2D eigenvalue weighted by atomic mass is 17.2. The molecule has 1 N–H and O–H groups in total. The van der Waals surface area contributed by atoms with E-state index in [4.69, 9.17) is 9.62 Å². The Balaban J connectivity index is 2.54. The molecule has 100 valence electrons. The fourth-order valence-corrected chi connectivity index (χ4v) is 1.62. The average Bonchev–Trinajstić information content (AvgIpc) is 2.24. The van der Waals surface area contributed by atoms with Crippen molar-refractivity contribution in [2.45, 2.75) is 32.4 Å². The predicted octanol–water partition coefficient (Wildman–Crippen LogP) is 0.773. The molecule has 17 heavy (non-hydrogen) atoms. The number of rotatable bonds is 3. The highest BCUT2D eigenvalue weighted by Gasteiger charge is 2.30. The van der Waals surface area contributed by atoms with Crippen molar-refractivity contribution in [1.82, 2.24) is 10.2 Å². The van der Waals surface area contributed by atoms with E-state index < -0.39 is 5.60 Å². The minimum absolute atomic E-state index is 0.0569. The Bertz CT molecular complexity index is 252. The number of ether oxygens (including phenoxy) is 1. The molecule has 0 aromatic carbocycles. The molecular formula is C11H22N2O4. The van der Waals surface area contributed by atoms with Crippen molar-refractivity contribution in [2.75, 3.05) is 33.4 Å². The molecule has 1 aliphatic rings. The lowest BCUT2D eigenvalue weighted by atomic mass is 10.2. The number of carbonyl (C=O) groups is 1. The van der Waals surface area contributed by atoms with Crippen LogP contribution in [0.5, 0.6) is 0 Å². The summed E-state index contributed by atoms with van der Waals surface area (Å²) in [6.45, 7) is 7.97. The number of amides is 1. The van der Waals surface area contributed by atoms with Gasteiger partial charge in [-0.2, -0.15) is 0 Å². The third kappa shape index (κ3) is 4.89. The van der Waals surface area contributed by atoms with E-state index in [0.29, 0.717) is 19.7 Å². The molecule has 1 fully saturated rings. The molecule has 1 heterocycles. The second-order valence-electron chi connectivity index (χ2n) is 4.98. The van der Waals surface area contributed by atoms with Crippen molar-refractivity contribution in [1.29, 1.82) is 0 Å². The summed E-state index contributed by atoms with van der Waals surface area (Å²) in [5.74, 6) is 0. The van der Waals surface area contributed by atoms with E-state index in [9.17, 15) is 4.79 Å². The number of nitrogens with one attached hydrogen (secondary N) is 1. The van der Waals surface area contributed by atoms with Crippen molar-refractivity contribution in [2.24, 2.45) is 0 Å². The molecule has 0 aromatic rings. The Kier molecular flexibility index (Phi) is 5.17. The first-order chi connectivity index (χ1) is 7.94.